The molecule has 88 valence electrons. The maximum absolute atomic E-state index is 11.6. The van der Waals surface area contributed by atoms with E-state index in [-0.39, 0.29) is 28.5 Å². The zero-order valence-electron chi connectivity index (χ0n) is 9.14. The Labute approximate surface area is 105 Å². The second-order valence-electron chi connectivity index (χ2n) is 3.93. The molecule has 0 radical (unpaired) electrons. The summed E-state index contributed by atoms with van der Waals surface area (Å²) in [6.45, 7) is 0.841. The van der Waals surface area contributed by atoms with Crippen molar-refractivity contribution in [1.29, 1.82) is 0 Å². The highest BCUT2D eigenvalue weighted by Crippen LogP contribution is 2.42. The maximum Gasteiger partial charge on any atom is 0.220 e. The van der Waals surface area contributed by atoms with Gasteiger partial charge in [0.2, 0.25) is 5.12 Å². The fraction of sp³-hybridized carbons (Fsp3) is 0.364. The summed E-state index contributed by atoms with van der Waals surface area (Å²) in [6.07, 6.45) is 0. The first-order chi connectivity index (χ1) is 7.08. The molecule has 1 aliphatic rings. The summed E-state index contributed by atoms with van der Waals surface area (Å²) >= 11 is 1.34. The minimum atomic E-state index is 0. The highest BCUT2D eigenvalue weighted by atomic mass is 35.5. The first kappa shape index (κ1) is 13.4. The Balaban J connectivity index is 0.00000128. The summed E-state index contributed by atoms with van der Waals surface area (Å²) in [5.41, 5.74) is 1.70. The fourth-order valence-electron chi connectivity index (χ4n) is 1.73. The predicted octanol–water partition coefficient (Wildman–Crippen LogP) is 2.30. The van der Waals surface area contributed by atoms with Gasteiger partial charge in [-0.3, -0.25) is 4.79 Å². The van der Waals surface area contributed by atoms with Crippen molar-refractivity contribution in [3.8, 4) is 5.75 Å². The van der Waals surface area contributed by atoms with E-state index in [0.29, 0.717) is 5.56 Å². The summed E-state index contributed by atoms with van der Waals surface area (Å²) in [4.78, 5) is 13.7. The molecule has 0 amide bonds. The van der Waals surface area contributed by atoms with E-state index in [9.17, 15) is 9.90 Å². The van der Waals surface area contributed by atoms with Crippen LogP contribution >= 0.6 is 24.2 Å². The Morgan fingerprint density at radius 2 is 2.12 bits per heavy atom. The molecule has 0 saturated carbocycles. The molecule has 16 heavy (non-hydrogen) atoms. The Bertz CT molecular complexity index is 409. The van der Waals surface area contributed by atoms with Gasteiger partial charge in [-0.2, -0.15) is 0 Å². The summed E-state index contributed by atoms with van der Waals surface area (Å²) in [5.74, 6) is 0.160. The monoisotopic (exact) mass is 259 g/mol. The number of carbonyl (C=O) groups excluding carboxylic acids is 1. The topological polar surface area (TPSA) is 40.5 Å². The second-order valence-corrected chi connectivity index (χ2v) is 5.10. The highest BCUT2D eigenvalue weighted by Gasteiger charge is 2.30. The number of rotatable bonds is 2. The lowest BCUT2D eigenvalue weighted by molar-refractivity contribution is 0.109. The van der Waals surface area contributed by atoms with Crippen molar-refractivity contribution in [1.82, 2.24) is 4.90 Å². The fourth-order valence-corrected chi connectivity index (χ4v) is 2.99. The van der Waals surface area contributed by atoms with Gasteiger partial charge in [-0.15, -0.1) is 12.4 Å². The zero-order valence-corrected chi connectivity index (χ0v) is 10.8. The number of hydrogen-bond acceptors (Lipinski definition) is 4. The molecular formula is C11H14ClNO2S. The van der Waals surface area contributed by atoms with Crippen LogP contribution in [0.25, 0.3) is 0 Å². The molecule has 5 heteroatoms. The third-order valence-corrected chi connectivity index (χ3v) is 3.51. The number of thioether (sulfide) groups is 1. The third kappa shape index (κ3) is 2.51. The van der Waals surface area contributed by atoms with Gasteiger partial charge in [0.15, 0.2) is 0 Å². The van der Waals surface area contributed by atoms with Gasteiger partial charge in [0.05, 0.1) is 5.25 Å². The van der Waals surface area contributed by atoms with E-state index in [0.717, 1.165) is 12.1 Å². The van der Waals surface area contributed by atoms with E-state index in [1.165, 1.54) is 11.8 Å². The standard InChI is InChI=1S/C11H13NO2S.ClH/c1-12(2)6-10-8-4-3-7(13)5-9(8)11(14)15-10;/h3-5,10,13H,6H2,1-2H3;1H. The van der Waals surface area contributed by atoms with Crippen molar-refractivity contribution >= 4 is 29.3 Å². The SMILES string of the molecule is CN(C)CC1SC(=O)c2cc(O)ccc21.Cl. The number of phenolic OH excluding ortho intramolecular Hbond substituents is 1. The van der Waals surface area contributed by atoms with Crippen LogP contribution in [-0.2, 0) is 0 Å². The average Bonchev–Trinajstić information content (AvgIpc) is 2.42. The largest absolute Gasteiger partial charge is 0.508 e. The van der Waals surface area contributed by atoms with Crippen molar-refractivity contribution in [3.63, 3.8) is 0 Å². The summed E-state index contributed by atoms with van der Waals surface area (Å²) in [7, 11) is 3.98. The molecule has 0 spiro atoms. The van der Waals surface area contributed by atoms with Crippen molar-refractivity contribution in [2.24, 2.45) is 0 Å². The molecule has 0 bridgehead atoms. The molecule has 1 aliphatic heterocycles. The van der Waals surface area contributed by atoms with Crippen molar-refractivity contribution in [2.45, 2.75) is 5.25 Å². The van der Waals surface area contributed by atoms with Crippen LogP contribution in [-0.4, -0.2) is 35.8 Å². The molecule has 3 nitrogen and oxygen atoms in total. The molecule has 1 heterocycles. The van der Waals surface area contributed by atoms with E-state index in [1.807, 2.05) is 20.2 Å². The number of carbonyl (C=O) groups is 1. The van der Waals surface area contributed by atoms with Crippen LogP contribution in [0.5, 0.6) is 5.75 Å². The van der Waals surface area contributed by atoms with Crippen LogP contribution in [0.4, 0.5) is 0 Å². The molecule has 0 saturated heterocycles. The molecular weight excluding hydrogens is 246 g/mol. The number of aromatic hydroxyl groups is 1. The van der Waals surface area contributed by atoms with E-state index >= 15 is 0 Å². The molecule has 0 aliphatic carbocycles. The Hall–Kier alpha value is -0.710. The normalized spacial score (nSPS) is 18.4. The van der Waals surface area contributed by atoms with Gasteiger partial charge in [-0.05, 0) is 31.8 Å². The van der Waals surface area contributed by atoms with Crippen molar-refractivity contribution < 1.29 is 9.90 Å². The maximum atomic E-state index is 11.6. The van der Waals surface area contributed by atoms with E-state index in [1.54, 1.807) is 12.1 Å². The Morgan fingerprint density at radius 3 is 2.75 bits per heavy atom. The molecule has 0 fully saturated rings. The number of likely N-dealkylation sites (N-methyl/N-ethyl adjacent to an activating group) is 1. The number of benzene rings is 1. The van der Waals surface area contributed by atoms with E-state index < -0.39 is 0 Å². The predicted molar refractivity (Wildman–Crippen MR) is 68.6 cm³/mol. The Kier molecular flexibility index (Phi) is 4.24. The molecule has 1 aromatic carbocycles. The zero-order chi connectivity index (χ0) is 11.0. The highest BCUT2D eigenvalue weighted by molar-refractivity contribution is 8.14. The number of phenols is 1. The van der Waals surface area contributed by atoms with Crippen LogP contribution in [0.2, 0.25) is 0 Å². The van der Waals surface area contributed by atoms with Crippen LogP contribution in [0.15, 0.2) is 18.2 Å². The summed E-state index contributed by atoms with van der Waals surface area (Å²) < 4.78 is 0. The Morgan fingerprint density at radius 1 is 1.44 bits per heavy atom. The van der Waals surface area contributed by atoms with Crippen molar-refractivity contribution in [2.75, 3.05) is 20.6 Å². The van der Waals surface area contributed by atoms with Gasteiger partial charge in [-0.25, -0.2) is 0 Å². The van der Waals surface area contributed by atoms with Crippen molar-refractivity contribution in [3.05, 3.63) is 29.3 Å². The average molecular weight is 260 g/mol. The van der Waals surface area contributed by atoms with Crippen LogP contribution in [0.1, 0.15) is 21.2 Å². The quantitative estimate of drug-likeness (QED) is 0.885. The van der Waals surface area contributed by atoms with E-state index in [4.69, 9.17) is 0 Å². The first-order valence-corrected chi connectivity index (χ1v) is 5.64. The molecule has 1 N–H and O–H groups in total. The molecule has 1 aromatic rings. The van der Waals surface area contributed by atoms with Crippen LogP contribution in [0, 0.1) is 0 Å². The van der Waals surface area contributed by atoms with Gasteiger partial charge in [-0.1, -0.05) is 17.8 Å². The number of fused-ring (bicyclic) bond motifs is 1. The third-order valence-electron chi connectivity index (χ3n) is 2.38. The number of hydrogen-bond donors (Lipinski definition) is 1. The second kappa shape index (κ2) is 5.08. The van der Waals surface area contributed by atoms with Gasteiger partial charge in [0.1, 0.15) is 5.75 Å². The van der Waals surface area contributed by atoms with Gasteiger partial charge in [0.25, 0.3) is 0 Å². The van der Waals surface area contributed by atoms with Gasteiger partial charge < -0.3 is 10.0 Å². The van der Waals surface area contributed by atoms with Crippen LogP contribution in [0.3, 0.4) is 0 Å². The van der Waals surface area contributed by atoms with Gasteiger partial charge >= 0.3 is 0 Å². The lowest BCUT2D eigenvalue weighted by Crippen LogP contribution is -2.17. The molecule has 2 rings (SSSR count). The number of nitrogens with zero attached hydrogens (tertiary/aromatic N) is 1. The summed E-state index contributed by atoms with van der Waals surface area (Å²) in [6, 6.07) is 5.04. The minimum Gasteiger partial charge on any atom is -0.508 e. The van der Waals surface area contributed by atoms with Crippen LogP contribution < -0.4 is 0 Å². The van der Waals surface area contributed by atoms with E-state index in [2.05, 4.69) is 4.90 Å². The number of halogens is 1. The van der Waals surface area contributed by atoms with Gasteiger partial charge in [0, 0.05) is 12.1 Å². The lowest BCUT2D eigenvalue weighted by Gasteiger charge is -2.15. The minimum absolute atomic E-state index is 0. The summed E-state index contributed by atoms with van der Waals surface area (Å²) in [5, 5.41) is 9.57. The first-order valence-electron chi connectivity index (χ1n) is 4.76. The molecule has 0 aromatic heterocycles. The smallest absolute Gasteiger partial charge is 0.220 e. The molecule has 1 atom stereocenters. The molecule has 1 unspecified atom stereocenters. The lowest BCUT2D eigenvalue weighted by atomic mass is 10.1.